The third-order valence-electron chi connectivity index (χ3n) is 1.69. The Bertz CT molecular complexity index is 204. The molecule has 1 aromatic heterocycles. The first-order chi connectivity index (χ1) is 5.45. The summed E-state index contributed by atoms with van der Waals surface area (Å²) in [7, 11) is 0. The van der Waals surface area contributed by atoms with Gasteiger partial charge in [0.15, 0.2) is 0 Å². The molecule has 2 rings (SSSR count). The molecule has 2 nitrogen and oxygen atoms in total. The Morgan fingerprint density at radius 3 is 3.36 bits per heavy atom. The minimum Gasteiger partial charge on any atom is -0.316 e. The minimum absolute atomic E-state index is 0.751. The lowest BCUT2D eigenvalue weighted by atomic mass is 10.4. The highest BCUT2D eigenvalue weighted by atomic mass is 32.2. The lowest BCUT2D eigenvalue weighted by Gasteiger charge is -2.02. The molecular weight excluding hydrogens is 176 g/mol. The van der Waals surface area contributed by atoms with Crippen LogP contribution < -0.4 is 5.32 Å². The van der Waals surface area contributed by atoms with E-state index >= 15 is 0 Å². The van der Waals surface area contributed by atoms with Crippen LogP contribution in [0.2, 0.25) is 0 Å². The van der Waals surface area contributed by atoms with Gasteiger partial charge in [0.25, 0.3) is 0 Å². The number of hydrogen-bond donors (Lipinski definition) is 1. The van der Waals surface area contributed by atoms with Gasteiger partial charge in [0, 0.05) is 23.4 Å². The van der Waals surface area contributed by atoms with Gasteiger partial charge in [0.1, 0.15) is 4.34 Å². The van der Waals surface area contributed by atoms with E-state index in [-0.39, 0.29) is 0 Å². The van der Waals surface area contributed by atoms with E-state index in [4.69, 9.17) is 0 Å². The van der Waals surface area contributed by atoms with E-state index in [0.717, 1.165) is 11.8 Å². The summed E-state index contributed by atoms with van der Waals surface area (Å²) in [6.07, 6.45) is 3.15. The van der Waals surface area contributed by atoms with Crippen molar-refractivity contribution < 1.29 is 0 Å². The standard InChI is InChI=1S/C7H10N2S2/c1-2-8-5-6(1)11-7-9-3-4-10-7/h3-4,6,8H,1-2,5H2. The Hall–Kier alpha value is -0.0600. The lowest BCUT2D eigenvalue weighted by molar-refractivity contribution is 0.858. The van der Waals surface area contributed by atoms with E-state index in [1.54, 1.807) is 11.3 Å². The third kappa shape index (κ3) is 1.95. The highest BCUT2D eigenvalue weighted by molar-refractivity contribution is 8.01. The fraction of sp³-hybridized carbons (Fsp3) is 0.571. The normalized spacial score (nSPS) is 24.2. The number of rotatable bonds is 2. The molecule has 0 radical (unpaired) electrons. The van der Waals surface area contributed by atoms with Crippen molar-refractivity contribution in [3.05, 3.63) is 11.6 Å². The summed E-state index contributed by atoms with van der Waals surface area (Å²) in [6.45, 7) is 2.31. The predicted octanol–water partition coefficient (Wildman–Crippen LogP) is 1.60. The van der Waals surface area contributed by atoms with Crippen LogP contribution in [0.15, 0.2) is 15.9 Å². The molecule has 2 heterocycles. The van der Waals surface area contributed by atoms with Crippen molar-refractivity contribution in [2.24, 2.45) is 0 Å². The summed E-state index contributed by atoms with van der Waals surface area (Å²) >= 11 is 3.64. The van der Waals surface area contributed by atoms with Gasteiger partial charge in [0.2, 0.25) is 0 Å². The first-order valence-electron chi connectivity index (χ1n) is 3.72. The van der Waals surface area contributed by atoms with Gasteiger partial charge < -0.3 is 5.32 Å². The Balaban J connectivity index is 1.90. The summed E-state index contributed by atoms with van der Waals surface area (Å²) in [5.74, 6) is 0. The number of aromatic nitrogens is 1. The molecule has 1 saturated heterocycles. The Kier molecular flexibility index (Phi) is 2.45. The van der Waals surface area contributed by atoms with Gasteiger partial charge >= 0.3 is 0 Å². The molecule has 1 unspecified atom stereocenters. The minimum atomic E-state index is 0.751. The Morgan fingerprint density at radius 1 is 1.73 bits per heavy atom. The van der Waals surface area contributed by atoms with Crippen molar-refractivity contribution >= 4 is 23.1 Å². The van der Waals surface area contributed by atoms with Crippen LogP contribution in [0.25, 0.3) is 0 Å². The quantitative estimate of drug-likeness (QED) is 0.759. The van der Waals surface area contributed by atoms with E-state index in [2.05, 4.69) is 10.3 Å². The van der Waals surface area contributed by atoms with Crippen LogP contribution in [0, 0.1) is 0 Å². The largest absolute Gasteiger partial charge is 0.316 e. The molecule has 1 atom stereocenters. The number of nitrogens with one attached hydrogen (secondary N) is 1. The van der Waals surface area contributed by atoms with Crippen molar-refractivity contribution in [3.63, 3.8) is 0 Å². The van der Waals surface area contributed by atoms with Crippen LogP contribution in [-0.2, 0) is 0 Å². The predicted molar refractivity (Wildman–Crippen MR) is 49.2 cm³/mol. The fourth-order valence-electron chi connectivity index (χ4n) is 1.14. The maximum absolute atomic E-state index is 4.23. The van der Waals surface area contributed by atoms with E-state index in [1.165, 1.54) is 17.3 Å². The molecule has 1 aromatic rings. The van der Waals surface area contributed by atoms with Crippen LogP contribution in [0.1, 0.15) is 6.42 Å². The molecule has 0 bridgehead atoms. The van der Waals surface area contributed by atoms with Crippen molar-refractivity contribution in [2.45, 2.75) is 16.0 Å². The molecule has 11 heavy (non-hydrogen) atoms. The Labute approximate surface area is 74.4 Å². The zero-order chi connectivity index (χ0) is 7.52. The van der Waals surface area contributed by atoms with Crippen molar-refractivity contribution in [3.8, 4) is 0 Å². The van der Waals surface area contributed by atoms with Crippen LogP contribution in [-0.4, -0.2) is 23.3 Å². The molecule has 0 aromatic carbocycles. The molecule has 0 amide bonds. The molecule has 0 saturated carbocycles. The molecule has 1 aliphatic rings. The van der Waals surface area contributed by atoms with Gasteiger partial charge in [-0.1, -0.05) is 11.8 Å². The molecule has 4 heteroatoms. The van der Waals surface area contributed by atoms with E-state index in [0.29, 0.717) is 0 Å². The van der Waals surface area contributed by atoms with E-state index in [1.807, 2.05) is 23.3 Å². The van der Waals surface area contributed by atoms with Gasteiger partial charge in [-0.25, -0.2) is 4.98 Å². The Morgan fingerprint density at radius 2 is 2.73 bits per heavy atom. The first-order valence-corrected chi connectivity index (χ1v) is 5.48. The van der Waals surface area contributed by atoms with Gasteiger partial charge in [-0.3, -0.25) is 0 Å². The topological polar surface area (TPSA) is 24.9 Å². The van der Waals surface area contributed by atoms with Gasteiger partial charge in [-0.15, -0.1) is 11.3 Å². The average molecular weight is 186 g/mol. The maximum atomic E-state index is 4.23. The second kappa shape index (κ2) is 3.56. The second-order valence-electron chi connectivity index (χ2n) is 2.53. The summed E-state index contributed by atoms with van der Waals surface area (Å²) in [5.41, 5.74) is 0. The average Bonchev–Trinajstić information content (AvgIpc) is 2.60. The lowest BCUT2D eigenvalue weighted by Crippen LogP contribution is -2.09. The second-order valence-corrected chi connectivity index (χ2v) is 4.97. The number of thiazole rings is 1. The molecule has 1 aliphatic heterocycles. The van der Waals surface area contributed by atoms with Crippen LogP contribution in [0.5, 0.6) is 0 Å². The zero-order valence-electron chi connectivity index (χ0n) is 6.12. The van der Waals surface area contributed by atoms with Crippen molar-refractivity contribution in [1.29, 1.82) is 0 Å². The monoisotopic (exact) mass is 186 g/mol. The zero-order valence-corrected chi connectivity index (χ0v) is 7.75. The molecular formula is C7H10N2S2. The van der Waals surface area contributed by atoms with Crippen LogP contribution in [0.3, 0.4) is 0 Å². The third-order valence-corrected chi connectivity index (χ3v) is 3.88. The number of nitrogens with zero attached hydrogens (tertiary/aromatic N) is 1. The van der Waals surface area contributed by atoms with E-state index < -0.39 is 0 Å². The van der Waals surface area contributed by atoms with Crippen molar-refractivity contribution in [1.82, 2.24) is 10.3 Å². The molecule has 60 valence electrons. The number of hydrogen-bond acceptors (Lipinski definition) is 4. The van der Waals surface area contributed by atoms with E-state index in [9.17, 15) is 0 Å². The molecule has 0 aliphatic carbocycles. The first kappa shape index (κ1) is 7.58. The smallest absolute Gasteiger partial charge is 0.150 e. The van der Waals surface area contributed by atoms with Gasteiger partial charge in [0.05, 0.1) is 0 Å². The summed E-state index contributed by atoms with van der Waals surface area (Å²) < 4.78 is 1.21. The highest BCUT2D eigenvalue weighted by Crippen LogP contribution is 2.27. The van der Waals surface area contributed by atoms with Crippen molar-refractivity contribution in [2.75, 3.05) is 13.1 Å². The highest BCUT2D eigenvalue weighted by Gasteiger charge is 2.16. The van der Waals surface area contributed by atoms with Crippen LogP contribution in [0.4, 0.5) is 0 Å². The van der Waals surface area contributed by atoms with Gasteiger partial charge in [-0.05, 0) is 13.0 Å². The van der Waals surface area contributed by atoms with Gasteiger partial charge in [-0.2, -0.15) is 0 Å². The fourth-order valence-corrected chi connectivity index (χ4v) is 3.14. The summed E-state index contributed by atoms with van der Waals surface area (Å²) in [6, 6.07) is 0. The molecule has 0 spiro atoms. The number of thioether (sulfide) groups is 1. The summed E-state index contributed by atoms with van der Waals surface area (Å²) in [4.78, 5) is 4.23. The molecule has 1 N–H and O–H groups in total. The summed E-state index contributed by atoms with van der Waals surface area (Å²) in [5, 5.41) is 6.12. The molecule has 1 fully saturated rings. The SMILES string of the molecule is c1csc(SC2CCNC2)n1. The maximum Gasteiger partial charge on any atom is 0.150 e. The van der Waals surface area contributed by atoms with Crippen LogP contribution >= 0.6 is 23.1 Å².